The monoisotopic (exact) mass is 314 g/mol. The van der Waals surface area contributed by atoms with E-state index in [0.717, 1.165) is 11.1 Å². The van der Waals surface area contributed by atoms with Crippen LogP contribution < -0.4 is 0 Å². The van der Waals surface area contributed by atoms with Crippen LogP contribution in [0.2, 0.25) is 10.0 Å². The summed E-state index contributed by atoms with van der Waals surface area (Å²) < 4.78 is 0. The summed E-state index contributed by atoms with van der Waals surface area (Å²) in [6, 6.07) is 19.2. The van der Waals surface area contributed by atoms with Crippen LogP contribution in [0.4, 0.5) is 0 Å². The highest BCUT2D eigenvalue weighted by Crippen LogP contribution is 2.37. The number of nitriles is 2. The predicted molar refractivity (Wildman–Crippen MR) is 84.2 cm³/mol. The molecule has 104 valence electrons. The van der Waals surface area contributed by atoms with E-state index in [4.69, 9.17) is 28.5 Å². The van der Waals surface area contributed by atoms with Gasteiger partial charge in [-0.25, -0.2) is 0 Å². The van der Waals surface area contributed by atoms with Gasteiger partial charge in [0, 0.05) is 12.3 Å². The van der Waals surface area contributed by atoms with Crippen LogP contribution in [0.5, 0.6) is 0 Å². The molecule has 2 aromatic carbocycles. The lowest BCUT2D eigenvalue weighted by Gasteiger charge is -2.21. The van der Waals surface area contributed by atoms with Crippen molar-refractivity contribution in [2.45, 2.75) is 18.3 Å². The van der Waals surface area contributed by atoms with Gasteiger partial charge in [0.25, 0.3) is 0 Å². The maximum atomic E-state index is 9.54. The third kappa shape index (κ3) is 3.56. The lowest BCUT2D eigenvalue weighted by Crippen LogP contribution is -2.09. The first-order valence-electron chi connectivity index (χ1n) is 6.44. The van der Waals surface area contributed by atoms with E-state index in [1.165, 1.54) is 0 Å². The molecule has 0 saturated carbocycles. The Labute approximate surface area is 134 Å². The van der Waals surface area contributed by atoms with Crippen molar-refractivity contribution in [3.63, 3.8) is 0 Å². The van der Waals surface area contributed by atoms with E-state index in [2.05, 4.69) is 12.1 Å². The number of rotatable bonds is 4. The zero-order chi connectivity index (χ0) is 15.2. The molecule has 2 aromatic rings. The van der Waals surface area contributed by atoms with Crippen molar-refractivity contribution in [2.75, 3.05) is 0 Å². The quantitative estimate of drug-likeness (QED) is 0.769. The number of hydrogen-bond donors (Lipinski definition) is 0. The maximum absolute atomic E-state index is 9.54. The molecule has 0 radical (unpaired) electrons. The van der Waals surface area contributed by atoms with Gasteiger partial charge < -0.3 is 0 Å². The lowest BCUT2D eigenvalue weighted by atomic mass is 9.80. The molecule has 0 bridgehead atoms. The Bertz CT molecular complexity index is 699. The maximum Gasteiger partial charge on any atom is 0.0791 e. The summed E-state index contributed by atoms with van der Waals surface area (Å²) in [5, 5.41) is 19.5. The van der Waals surface area contributed by atoms with Gasteiger partial charge in [0.05, 0.1) is 28.1 Å². The fraction of sp³-hybridized carbons (Fsp3) is 0.176. The number of halogens is 2. The second-order valence-electron chi connectivity index (χ2n) is 4.66. The van der Waals surface area contributed by atoms with Crippen LogP contribution in [-0.2, 0) is 0 Å². The van der Waals surface area contributed by atoms with E-state index in [1.807, 2.05) is 36.4 Å². The van der Waals surface area contributed by atoms with Gasteiger partial charge in [0.15, 0.2) is 0 Å². The van der Waals surface area contributed by atoms with E-state index in [1.54, 1.807) is 12.1 Å². The average molecular weight is 315 g/mol. The molecule has 4 heteroatoms. The summed E-state index contributed by atoms with van der Waals surface area (Å²) in [4.78, 5) is 0. The van der Waals surface area contributed by atoms with Crippen molar-refractivity contribution in [1.82, 2.24) is 0 Å². The van der Waals surface area contributed by atoms with Crippen molar-refractivity contribution >= 4 is 23.2 Å². The van der Waals surface area contributed by atoms with Crippen LogP contribution in [0.15, 0.2) is 48.5 Å². The Balaban J connectivity index is 2.44. The first-order chi connectivity index (χ1) is 10.2. The van der Waals surface area contributed by atoms with Gasteiger partial charge in [0.1, 0.15) is 0 Å². The first kappa shape index (κ1) is 15.4. The molecule has 0 aromatic heterocycles. The molecule has 0 aliphatic rings. The molecule has 0 unspecified atom stereocenters. The molecule has 0 aliphatic carbocycles. The van der Waals surface area contributed by atoms with E-state index in [0.29, 0.717) is 10.0 Å². The van der Waals surface area contributed by atoms with Crippen molar-refractivity contribution < 1.29 is 0 Å². The lowest BCUT2D eigenvalue weighted by molar-refractivity contribution is 0.641. The summed E-state index contributed by atoms with van der Waals surface area (Å²) in [6.07, 6.45) is 0.241. The molecular formula is C17H12Cl2N2. The summed E-state index contributed by atoms with van der Waals surface area (Å²) in [5.74, 6) is -0.639. The molecular weight excluding hydrogens is 303 g/mol. The smallest absolute Gasteiger partial charge is 0.0791 e. The van der Waals surface area contributed by atoms with E-state index in [9.17, 15) is 5.26 Å². The van der Waals surface area contributed by atoms with Gasteiger partial charge in [0.2, 0.25) is 0 Å². The van der Waals surface area contributed by atoms with Crippen LogP contribution in [0, 0.1) is 22.7 Å². The number of hydrogen-bond acceptors (Lipinski definition) is 2. The van der Waals surface area contributed by atoms with Crippen LogP contribution in [0.1, 0.15) is 29.4 Å². The highest BCUT2D eigenvalue weighted by Gasteiger charge is 2.25. The zero-order valence-corrected chi connectivity index (χ0v) is 12.6. The highest BCUT2D eigenvalue weighted by molar-refractivity contribution is 6.42. The fourth-order valence-corrected chi connectivity index (χ4v) is 2.63. The Morgan fingerprint density at radius 3 is 2.19 bits per heavy atom. The minimum absolute atomic E-state index is 0.239. The summed E-state index contributed by atoms with van der Waals surface area (Å²) in [5.41, 5.74) is 1.74. The Morgan fingerprint density at radius 1 is 0.905 bits per heavy atom. The third-order valence-corrected chi connectivity index (χ3v) is 4.12. The van der Waals surface area contributed by atoms with Gasteiger partial charge >= 0.3 is 0 Å². The predicted octanol–water partition coefficient (Wildman–Crippen LogP) is 5.30. The van der Waals surface area contributed by atoms with Gasteiger partial charge in [-0.05, 0) is 23.3 Å². The van der Waals surface area contributed by atoms with Crippen LogP contribution in [0.25, 0.3) is 0 Å². The van der Waals surface area contributed by atoms with Gasteiger partial charge in [-0.1, -0.05) is 59.6 Å². The Hall–Kier alpha value is -2.00. The van der Waals surface area contributed by atoms with E-state index < -0.39 is 5.92 Å². The zero-order valence-electron chi connectivity index (χ0n) is 11.1. The normalized spacial score (nSPS) is 13.0. The Morgan fingerprint density at radius 2 is 1.62 bits per heavy atom. The van der Waals surface area contributed by atoms with Crippen molar-refractivity contribution in [2.24, 2.45) is 0 Å². The van der Waals surface area contributed by atoms with Crippen LogP contribution in [-0.4, -0.2) is 0 Å². The molecule has 0 heterocycles. The van der Waals surface area contributed by atoms with Gasteiger partial charge in [-0.3, -0.25) is 0 Å². The minimum Gasteiger partial charge on any atom is -0.198 e. The summed E-state index contributed by atoms with van der Waals surface area (Å²) in [7, 11) is 0. The molecule has 0 fully saturated rings. The highest BCUT2D eigenvalue weighted by atomic mass is 35.5. The van der Waals surface area contributed by atoms with Crippen molar-refractivity contribution in [3.05, 3.63) is 69.7 Å². The largest absolute Gasteiger partial charge is 0.198 e. The second kappa shape index (κ2) is 7.14. The van der Waals surface area contributed by atoms with Crippen molar-refractivity contribution in [1.29, 1.82) is 10.5 Å². The molecule has 0 spiro atoms. The van der Waals surface area contributed by atoms with Gasteiger partial charge in [-0.15, -0.1) is 0 Å². The van der Waals surface area contributed by atoms with Crippen molar-refractivity contribution in [3.8, 4) is 12.1 Å². The minimum atomic E-state index is -0.400. The van der Waals surface area contributed by atoms with Crippen LogP contribution >= 0.6 is 23.2 Å². The SMILES string of the molecule is N#CC[C@H](c1ccc(Cl)c(Cl)c1)[C@H](C#N)c1ccccc1. The molecule has 0 amide bonds. The molecule has 2 atom stereocenters. The fourth-order valence-electron chi connectivity index (χ4n) is 2.33. The number of benzene rings is 2. The molecule has 0 saturated heterocycles. The first-order valence-corrected chi connectivity index (χ1v) is 7.19. The molecule has 21 heavy (non-hydrogen) atoms. The number of nitrogens with zero attached hydrogens (tertiary/aromatic N) is 2. The summed E-state index contributed by atoms with van der Waals surface area (Å²) >= 11 is 12.0. The molecule has 2 nitrogen and oxygen atoms in total. The second-order valence-corrected chi connectivity index (χ2v) is 5.47. The molecule has 0 aliphatic heterocycles. The topological polar surface area (TPSA) is 47.6 Å². The third-order valence-electron chi connectivity index (χ3n) is 3.38. The summed E-state index contributed by atoms with van der Waals surface area (Å²) in [6.45, 7) is 0. The Kier molecular flexibility index (Phi) is 5.23. The van der Waals surface area contributed by atoms with Gasteiger partial charge in [-0.2, -0.15) is 10.5 Å². The molecule has 0 N–H and O–H groups in total. The average Bonchev–Trinajstić information content (AvgIpc) is 2.51. The van der Waals surface area contributed by atoms with E-state index in [-0.39, 0.29) is 12.3 Å². The standard InChI is InChI=1S/C17H12Cl2N2/c18-16-7-6-13(10-17(16)19)14(8-9-20)15(11-21)12-4-2-1-3-5-12/h1-7,10,14-15H,8H2/t14-,15-/m1/s1. The van der Waals surface area contributed by atoms with E-state index >= 15 is 0 Å². The molecule has 2 rings (SSSR count). The van der Waals surface area contributed by atoms with Crippen LogP contribution in [0.3, 0.4) is 0 Å².